The van der Waals surface area contributed by atoms with Crippen molar-refractivity contribution in [3.63, 3.8) is 0 Å². The molecule has 0 aromatic heterocycles. The van der Waals surface area contributed by atoms with Gasteiger partial charge in [0.2, 0.25) is 11.8 Å². The Balaban J connectivity index is 1.81. The van der Waals surface area contributed by atoms with Crippen molar-refractivity contribution in [1.29, 1.82) is 0 Å². The summed E-state index contributed by atoms with van der Waals surface area (Å²) in [7, 11) is 1.56. The third-order valence-corrected chi connectivity index (χ3v) is 4.02. The summed E-state index contributed by atoms with van der Waals surface area (Å²) in [4.78, 5) is 38.4. The standard InChI is InChI=1S/C18H25N3O4/c1-14(22)3-8-18(24)20(2)13-17(23)19-15-4-6-16(7-5-15)21-9-11-25-12-10-21/h4-7H,3,8-13H2,1-2H3,(H,19,23). The highest BCUT2D eigenvalue weighted by Crippen LogP contribution is 2.19. The van der Waals surface area contributed by atoms with E-state index in [1.54, 1.807) is 7.05 Å². The van der Waals surface area contributed by atoms with E-state index in [0.29, 0.717) is 5.69 Å². The first-order valence-corrected chi connectivity index (χ1v) is 8.41. The van der Waals surface area contributed by atoms with Crippen molar-refractivity contribution in [2.75, 3.05) is 50.1 Å². The topological polar surface area (TPSA) is 79.0 Å². The van der Waals surface area contributed by atoms with Gasteiger partial charge in [-0.3, -0.25) is 9.59 Å². The normalized spacial score (nSPS) is 14.1. The van der Waals surface area contributed by atoms with E-state index in [-0.39, 0.29) is 37.0 Å². The smallest absolute Gasteiger partial charge is 0.243 e. The number of anilines is 2. The molecule has 1 aromatic rings. The van der Waals surface area contributed by atoms with Crippen molar-refractivity contribution >= 4 is 29.0 Å². The van der Waals surface area contributed by atoms with Crippen molar-refractivity contribution in [1.82, 2.24) is 4.90 Å². The van der Waals surface area contributed by atoms with Gasteiger partial charge in [-0.15, -0.1) is 0 Å². The molecule has 1 aromatic carbocycles. The fourth-order valence-corrected chi connectivity index (χ4v) is 2.56. The van der Waals surface area contributed by atoms with Gasteiger partial charge in [-0.1, -0.05) is 0 Å². The van der Waals surface area contributed by atoms with E-state index in [1.165, 1.54) is 11.8 Å². The van der Waals surface area contributed by atoms with E-state index in [4.69, 9.17) is 4.74 Å². The Kier molecular flexibility index (Phi) is 6.94. The predicted octanol–water partition coefficient (Wildman–Crippen LogP) is 1.29. The van der Waals surface area contributed by atoms with Crippen LogP contribution < -0.4 is 10.2 Å². The van der Waals surface area contributed by atoms with E-state index >= 15 is 0 Å². The minimum atomic E-state index is -0.266. The lowest BCUT2D eigenvalue weighted by molar-refractivity contribution is -0.134. The average Bonchev–Trinajstić information content (AvgIpc) is 2.60. The molecule has 1 aliphatic rings. The molecule has 1 heterocycles. The molecule has 0 unspecified atom stereocenters. The summed E-state index contributed by atoms with van der Waals surface area (Å²) in [6.07, 6.45) is 0.334. The number of carbonyl (C=O) groups excluding carboxylic acids is 3. The first kappa shape index (κ1) is 18.9. The SMILES string of the molecule is CC(=O)CCC(=O)N(C)CC(=O)Nc1ccc(N2CCOCC2)cc1. The second-order valence-electron chi connectivity index (χ2n) is 6.15. The first-order chi connectivity index (χ1) is 12.0. The van der Waals surface area contributed by atoms with Gasteiger partial charge >= 0.3 is 0 Å². The number of ether oxygens (including phenoxy) is 1. The van der Waals surface area contributed by atoms with E-state index in [0.717, 1.165) is 32.0 Å². The van der Waals surface area contributed by atoms with E-state index < -0.39 is 0 Å². The molecule has 0 bridgehead atoms. The molecule has 2 amide bonds. The van der Waals surface area contributed by atoms with Crippen molar-refractivity contribution < 1.29 is 19.1 Å². The molecule has 0 saturated carbocycles. The molecule has 1 N–H and O–H groups in total. The molecule has 0 radical (unpaired) electrons. The minimum absolute atomic E-state index is 0.0356. The van der Waals surface area contributed by atoms with Crippen LogP contribution in [-0.2, 0) is 19.1 Å². The van der Waals surface area contributed by atoms with Crippen LogP contribution in [-0.4, -0.2) is 62.4 Å². The number of benzene rings is 1. The highest BCUT2D eigenvalue weighted by atomic mass is 16.5. The van der Waals surface area contributed by atoms with Gasteiger partial charge in [-0.2, -0.15) is 0 Å². The lowest BCUT2D eigenvalue weighted by atomic mass is 10.2. The summed E-state index contributed by atoms with van der Waals surface area (Å²) in [6, 6.07) is 7.62. The van der Waals surface area contributed by atoms with Gasteiger partial charge in [0.15, 0.2) is 0 Å². The summed E-state index contributed by atoms with van der Waals surface area (Å²) in [5.41, 5.74) is 1.78. The highest BCUT2D eigenvalue weighted by molar-refractivity contribution is 5.95. The van der Waals surface area contributed by atoms with Crippen LogP contribution in [0.3, 0.4) is 0 Å². The highest BCUT2D eigenvalue weighted by Gasteiger charge is 2.14. The number of rotatable bonds is 7. The fraction of sp³-hybridized carbons (Fsp3) is 0.500. The quantitative estimate of drug-likeness (QED) is 0.804. The van der Waals surface area contributed by atoms with E-state index in [9.17, 15) is 14.4 Å². The van der Waals surface area contributed by atoms with Crippen molar-refractivity contribution in [2.45, 2.75) is 19.8 Å². The molecule has 1 aliphatic heterocycles. The molecule has 0 aliphatic carbocycles. The number of likely N-dealkylation sites (N-methyl/N-ethyl adjacent to an activating group) is 1. The maximum Gasteiger partial charge on any atom is 0.243 e. The zero-order valence-electron chi connectivity index (χ0n) is 14.8. The van der Waals surface area contributed by atoms with Crippen LogP contribution in [0.5, 0.6) is 0 Å². The Bertz CT molecular complexity index is 609. The predicted molar refractivity (Wildman–Crippen MR) is 95.7 cm³/mol. The van der Waals surface area contributed by atoms with E-state index in [2.05, 4.69) is 10.2 Å². The number of morpholine rings is 1. The third kappa shape index (κ3) is 6.19. The molecule has 25 heavy (non-hydrogen) atoms. The number of hydrogen-bond donors (Lipinski definition) is 1. The van der Waals surface area contributed by atoms with Crippen LogP contribution in [0, 0.1) is 0 Å². The van der Waals surface area contributed by atoms with Crippen LogP contribution in [0.1, 0.15) is 19.8 Å². The van der Waals surface area contributed by atoms with Gasteiger partial charge in [0.25, 0.3) is 0 Å². The monoisotopic (exact) mass is 347 g/mol. The van der Waals surface area contributed by atoms with Crippen LogP contribution in [0.2, 0.25) is 0 Å². The molecule has 0 spiro atoms. The maximum absolute atomic E-state index is 12.1. The number of amides is 2. The van der Waals surface area contributed by atoms with Crippen molar-refractivity contribution in [3.8, 4) is 0 Å². The summed E-state index contributed by atoms with van der Waals surface area (Å²) in [5.74, 6) is -0.516. The van der Waals surface area contributed by atoms with Crippen LogP contribution >= 0.6 is 0 Å². The molecule has 7 heteroatoms. The summed E-state index contributed by atoms with van der Waals surface area (Å²) >= 11 is 0. The lowest BCUT2D eigenvalue weighted by Crippen LogP contribution is -2.36. The summed E-state index contributed by atoms with van der Waals surface area (Å²) < 4.78 is 5.33. The molecular weight excluding hydrogens is 322 g/mol. The van der Waals surface area contributed by atoms with Gasteiger partial charge in [0.05, 0.1) is 19.8 Å². The third-order valence-electron chi connectivity index (χ3n) is 4.02. The zero-order chi connectivity index (χ0) is 18.2. The summed E-state index contributed by atoms with van der Waals surface area (Å²) in [6.45, 7) is 4.57. The van der Waals surface area contributed by atoms with Crippen molar-refractivity contribution in [3.05, 3.63) is 24.3 Å². The molecule has 0 atom stereocenters. The Labute approximate surface area is 147 Å². The number of Topliss-reactive ketones (excluding diaryl/α,β-unsaturated/α-hetero) is 1. The Morgan fingerprint density at radius 1 is 1.12 bits per heavy atom. The second kappa shape index (κ2) is 9.17. The number of nitrogens with zero attached hydrogens (tertiary/aromatic N) is 2. The number of hydrogen-bond acceptors (Lipinski definition) is 5. The molecule has 136 valence electrons. The van der Waals surface area contributed by atoms with Gasteiger partial charge in [0, 0.05) is 44.4 Å². The molecule has 7 nitrogen and oxygen atoms in total. The second-order valence-corrected chi connectivity index (χ2v) is 6.15. The molecule has 2 rings (SSSR count). The van der Waals surface area contributed by atoms with Crippen LogP contribution in [0.25, 0.3) is 0 Å². The Morgan fingerprint density at radius 2 is 1.76 bits per heavy atom. The zero-order valence-corrected chi connectivity index (χ0v) is 14.8. The fourth-order valence-electron chi connectivity index (χ4n) is 2.56. The number of nitrogens with one attached hydrogen (secondary N) is 1. The minimum Gasteiger partial charge on any atom is -0.378 e. The van der Waals surface area contributed by atoms with Crippen molar-refractivity contribution in [2.24, 2.45) is 0 Å². The number of ketones is 1. The summed E-state index contributed by atoms with van der Waals surface area (Å²) in [5, 5.41) is 2.78. The number of carbonyl (C=O) groups is 3. The first-order valence-electron chi connectivity index (χ1n) is 8.41. The molecule has 1 saturated heterocycles. The van der Waals surface area contributed by atoms with Crippen LogP contribution in [0.4, 0.5) is 11.4 Å². The maximum atomic E-state index is 12.1. The van der Waals surface area contributed by atoms with Gasteiger partial charge in [-0.25, -0.2) is 0 Å². The Morgan fingerprint density at radius 3 is 2.36 bits per heavy atom. The van der Waals surface area contributed by atoms with E-state index in [1.807, 2.05) is 24.3 Å². The molecular formula is C18H25N3O4. The molecule has 1 fully saturated rings. The van der Waals surface area contributed by atoms with Gasteiger partial charge in [0.1, 0.15) is 5.78 Å². The lowest BCUT2D eigenvalue weighted by Gasteiger charge is -2.28. The van der Waals surface area contributed by atoms with Gasteiger partial charge in [-0.05, 0) is 31.2 Å². The largest absolute Gasteiger partial charge is 0.378 e. The van der Waals surface area contributed by atoms with Crippen LogP contribution in [0.15, 0.2) is 24.3 Å². The Hall–Kier alpha value is -2.41. The average molecular weight is 347 g/mol. The van der Waals surface area contributed by atoms with Gasteiger partial charge < -0.3 is 24.6 Å².